The maximum Gasteiger partial charge on any atom is 0.266 e. The molecule has 0 spiro atoms. The van der Waals surface area contributed by atoms with Crippen LogP contribution in [0.1, 0.15) is 101 Å². The first-order valence-corrected chi connectivity index (χ1v) is 23.9. The average Bonchev–Trinajstić information content (AvgIpc) is 4.01. The zero-order chi connectivity index (χ0) is 47.8. The molecule has 15 nitrogen and oxygen atoms in total. The van der Waals surface area contributed by atoms with Gasteiger partial charge in [0, 0.05) is 57.1 Å². The number of hydrogen-bond acceptors (Lipinski definition) is 12. The summed E-state index contributed by atoms with van der Waals surface area (Å²) in [5, 5.41) is 29.2. The number of rotatable bonds is 12. The number of piperidine rings is 1. The number of aromatic nitrogens is 3. The highest BCUT2D eigenvalue weighted by Gasteiger charge is 2.47. The van der Waals surface area contributed by atoms with Gasteiger partial charge in [-0.15, -0.1) is 11.3 Å². The van der Waals surface area contributed by atoms with E-state index in [1.165, 1.54) is 11.1 Å². The molecule has 354 valence electrons. The smallest absolute Gasteiger partial charge is 0.266 e. The molecule has 18 heteroatoms. The maximum absolute atomic E-state index is 14.3. The van der Waals surface area contributed by atoms with Gasteiger partial charge in [-0.05, 0) is 91.8 Å². The lowest BCUT2D eigenvalue weighted by atomic mass is 9.73. The highest BCUT2D eigenvalue weighted by atomic mass is 32.1. The molecule has 1 aliphatic carbocycles. The van der Waals surface area contributed by atoms with Crippen molar-refractivity contribution in [2.45, 2.75) is 109 Å². The molecular weight excluding hydrogens is 879 g/mol. The van der Waals surface area contributed by atoms with E-state index in [2.05, 4.69) is 37.0 Å². The highest BCUT2D eigenvalue weighted by molar-refractivity contribution is 7.13. The van der Waals surface area contributed by atoms with Crippen molar-refractivity contribution < 1.29 is 33.1 Å². The first-order valence-electron chi connectivity index (χ1n) is 23.0. The van der Waals surface area contributed by atoms with Crippen LogP contribution < -0.4 is 20.9 Å². The average molecular weight is 937 g/mol. The Balaban J connectivity index is 0.852. The Kier molecular flexibility index (Phi) is 13.6. The number of alkyl halides is 2. The van der Waals surface area contributed by atoms with Crippen molar-refractivity contribution >= 4 is 52.4 Å². The van der Waals surface area contributed by atoms with Crippen molar-refractivity contribution in [2.24, 2.45) is 17.3 Å². The molecule has 3 saturated heterocycles. The van der Waals surface area contributed by atoms with E-state index in [4.69, 9.17) is 0 Å². The fraction of sp³-hybridized carbons (Fsp3) is 0.510. The highest BCUT2D eigenvalue weighted by Crippen LogP contribution is 2.40. The molecule has 3 aromatic heterocycles. The number of pyridine rings is 2. The number of carbonyl (C=O) groups excluding carboxylic acids is 4. The van der Waals surface area contributed by atoms with Crippen LogP contribution in [0, 0.1) is 35.5 Å². The van der Waals surface area contributed by atoms with Crippen LogP contribution in [-0.2, 0) is 19.2 Å². The lowest BCUT2D eigenvalue weighted by molar-refractivity contribution is -0.148. The van der Waals surface area contributed by atoms with Gasteiger partial charge in [0.15, 0.2) is 0 Å². The van der Waals surface area contributed by atoms with E-state index >= 15 is 0 Å². The molecule has 0 bridgehead atoms. The minimum Gasteiger partial charge on any atom is -0.391 e. The number of β-amino-alcohol motifs (C(OH)–C–C–N with tert-alkyl or cyclic N) is 1. The first kappa shape index (κ1) is 47.4. The van der Waals surface area contributed by atoms with Gasteiger partial charge < -0.3 is 35.8 Å². The molecule has 6 heterocycles. The molecule has 4 fully saturated rings. The van der Waals surface area contributed by atoms with E-state index in [0.29, 0.717) is 61.8 Å². The molecule has 67 heavy (non-hydrogen) atoms. The van der Waals surface area contributed by atoms with E-state index in [9.17, 15) is 38.3 Å². The zero-order valence-electron chi connectivity index (χ0n) is 38.5. The minimum absolute atomic E-state index is 0.0218. The van der Waals surface area contributed by atoms with Gasteiger partial charge in [-0.3, -0.25) is 19.2 Å². The Labute approximate surface area is 393 Å². The Morgan fingerprint density at radius 1 is 0.940 bits per heavy atom. The van der Waals surface area contributed by atoms with E-state index in [1.54, 1.807) is 28.4 Å². The largest absolute Gasteiger partial charge is 0.391 e. The number of aliphatic hydroxyl groups excluding tert-OH is 1. The number of aryl methyl sites for hydroxylation is 1. The van der Waals surface area contributed by atoms with E-state index in [0.717, 1.165) is 27.3 Å². The molecule has 4 aromatic rings. The summed E-state index contributed by atoms with van der Waals surface area (Å²) < 4.78 is 28.6. The molecule has 4 N–H and O–H groups in total. The maximum atomic E-state index is 14.3. The van der Waals surface area contributed by atoms with Crippen molar-refractivity contribution in [1.82, 2.24) is 35.4 Å². The van der Waals surface area contributed by atoms with Crippen molar-refractivity contribution in [3.05, 3.63) is 82.6 Å². The summed E-state index contributed by atoms with van der Waals surface area (Å²) >= 11 is 1.56. The number of amides is 4. The fourth-order valence-corrected chi connectivity index (χ4v) is 10.4. The van der Waals surface area contributed by atoms with Gasteiger partial charge in [0.25, 0.3) is 5.92 Å². The van der Waals surface area contributed by atoms with Crippen LogP contribution in [0.25, 0.3) is 10.4 Å². The van der Waals surface area contributed by atoms with Gasteiger partial charge in [-0.25, -0.2) is 23.7 Å². The van der Waals surface area contributed by atoms with E-state index in [1.807, 2.05) is 81.4 Å². The molecule has 4 atom stereocenters. The normalized spacial score (nSPS) is 22.6. The third-order valence-electron chi connectivity index (χ3n) is 13.7. The van der Waals surface area contributed by atoms with Crippen LogP contribution >= 0.6 is 11.3 Å². The van der Waals surface area contributed by atoms with Crippen LogP contribution in [-0.4, -0.2) is 110 Å². The topological polar surface area (TPSA) is 197 Å². The molecule has 4 amide bonds. The predicted octanol–water partition coefficient (Wildman–Crippen LogP) is 6.47. The number of likely N-dealkylation sites (tertiary alicyclic amines) is 2. The minimum atomic E-state index is -2.81. The summed E-state index contributed by atoms with van der Waals surface area (Å²) in [7, 11) is 0. The molecule has 8 rings (SSSR count). The second kappa shape index (κ2) is 19.3. The number of carbonyl (C=O) groups is 4. The molecule has 1 unspecified atom stereocenters. The van der Waals surface area contributed by atoms with Gasteiger partial charge in [-0.1, -0.05) is 45.0 Å². The summed E-state index contributed by atoms with van der Waals surface area (Å²) in [6.07, 6.45) is 2.38. The number of nitrogens with zero attached hydrogens (tertiary/aromatic N) is 7. The number of halogens is 2. The summed E-state index contributed by atoms with van der Waals surface area (Å²) in [5.41, 5.74) is 5.26. The lowest BCUT2D eigenvalue weighted by Gasteiger charge is -2.41. The SMILES string of the molecule is Cc1ncsc1-c1ccc([C@H](C)NC(=O)C2C[C@@H](O)CN2C(=O)[C@H](NC(=O)C2CC(C(=O)N3CCC(c4cc(Nc5cc(C#N)ccn5)nc(N5CCC(F)(F)C5)c4)CC3)C2)C(C)(C)C)cc1. The Hall–Kier alpha value is -6.06. The van der Waals surface area contributed by atoms with Crippen LogP contribution in [0.2, 0.25) is 0 Å². The first-order chi connectivity index (χ1) is 31.8. The van der Waals surface area contributed by atoms with Crippen molar-refractivity contribution in [3.8, 4) is 16.5 Å². The molecule has 1 saturated carbocycles. The Morgan fingerprint density at radius 3 is 2.31 bits per heavy atom. The van der Waals surface area contributed by atoms with Crippen molar-refractivity contribution in [1.29, 1.82) is 5.26 Å². The summed E-state index contributed by atoms with van der Waals surface area (Å²) in [4.78, 5) is 74.7. The molecule has 4 aliphatic rings. The Morgan fingerprint density at radius 2 is 1.67 bits per heavy atom. The van der Waals surface area contributed by atoms with Gasteiger partial charge in [0.1, 0.15) is 29.5 Å². The molecular formula is C49H58F2N10O5S. The van der Waals surface area contributed by atoms with Crippen molar-refractivity contribution in [3.63, 3.8) is 0 Å². The third kappa shape index (κ3) is 10.7. The van der Waals surface area contributed by atoms with Crippen LogP contribution in [0.5, 0.6) is 0 Å². The van der Waals surface area contributed by atoms with Crippen LogP contribution in [0.3, 0.4) is 0 Å². The fourth-order valence-electron chi connectivity index (χ4n) is 9.63. The number of nitriles is 1. The van der Waals surface area contributed by atoms with Gasteiger partial charge in [0.05, 0.1) is 46.4 Å². The number of hydrogen-bond donors (Lipinski definition) is 4. The second-order valence-electron chi connectivity index (χ2n) is 19.6. The number of nitrogens with one attached hydrogen (secondary N) is 3. The second-order valence-corrected chi connectivity index (χ2v) is 20.5. The number of aliphatic hydroxyl groups is 1. The number of thiazole rings is 1. The van der Waals surface area contributed by atoms with Gasteiger partial charge >= 0.3 is 0 Å². The summed E-state index contributed by atoms with van der Waals surface area (Å²) in [6.45, 7) is 10.0. The monoisotopic (exact) mass is 936 g/mol. The zero-order valence-corrected chi connectivity index (χ0v) is 39.3. The molecule has 1 aromatic carbocycles. The lowest BCUT2D eigenvalue weighted by Crippen LogP contribution is -2.59. The van der Waals surface area contributed by atoms with E-state index in [-0.39, 0.29) is 61.5 Å². The number of anilines is 3. The van der Waals surface area contributed by atoms with Gasteiger partial charge in [-0.2, -0.15) is 5.26 Å². The van der Waals surface area contributed by atoms with Crippen molar-refractivity contribution in [2.75, 3.05) is 42.9 Å². The standard InChI is InChI=1S/C49H58F2N10O5S/c1-28(31-6-8-33(9-7-31)42-29(2)54-27-67-42)55-45(64)38-23-37(62)25-61(38)47(66)43(48(3,4)5)58-44(63)35-19-36(20-35)46(65)59-15-11-32(12-16-59)34-21-40(56-39-18-30(24-52)10-14-53-39)57-41(22-34)60-17-13-49(50,51)26-60/h6-10,14,18,21-22,27-28,32,35-38,43,62H,11-13,15-17,19-20,23,25-26H2,1-5H3,(H,55,64)(H,58,63)(H,53,56,57)/t28-,35?,36?,37+,38?,43-/m0/s1. The molecule has 3 aliphatic heterocycles. The predicted molar refractivity (Wildman–Crippen MR) is 249 cm³/mol. The van der Waals surface area contributed by atoms with E-state index < -0.39 is 47.9 Å². The third-order valence-corrected chi connectivity index (χ3v) is 14.6. The Bertz CT molecular complexity index is 2530. The summed E-state index contributed by atoms with van der Waals surface area (Å²) in [5.74, 6) is -3.53. The van der Waals surface area contributed by atoms with Crippen LogP contribution in [0.4, 0.5) is 26.2 Å². The summed E-state index contributed by atoms with van der Waals surface area (Å²) in [6, 6.07) is 14.6. The number of benzene rings is 1. The quantitative estimate of drug-likeness (QED) is 0.122. The van der Waals surface area contributed by atoms with Crippen LogP contribution in [0.15, 0.2) is 60.2 Å². The molecule has 0 radical (unpaired) electrons. The van der Waals surface area contributed by atoms with Gasteiger partial charge in [0.2, 0.25) is 23.6 Å².